The standard InChI is InChI=1S/C15H15N3O5/c1-22-13-6-10(7-14(23-2)15(13)19)9-16-17-11-4-3-5-12(8-11)18(20)21/h3-9,17,19H,1-2H3. The van der Waals surface area contributed by atoms with Gasteiger partial charge in [-0.3, -0.25) is 15.5 Å². The zero-order chi connectivity index (χ0) is 16.8. The number of non-ortho nitro benzene ring substituents is 1. The molecule has 0 radical (unpaired) electrons. The van der Waals surface area contributed by atoms with Crippen LogP contribution in [0.4, 0.5) is 11.4 Å². The first-order valence-corrected chi connectivity index (χ1v) is 6.53. The first-order valence-electron chi connectivity index (χ1n) is 6.53. The fourth-order valence-corrected chi connectivity index (χ4v) is 1.86. The summed E-state index contributed by atoms with van der Waals surface area (Å²) < 4.78 is 10.1. The molecule has 0 aromatic heterocycles. The molecule has 0 spiro atoms. The lowest BCUT2D eigenvalue weighted by Gasteiger charge is -2.09. The van der Waals surface area contributed by atoms with E-state index >= 15 is 0 Å². The Kier molecular flexibility index (Phi) is 4.98. The van der Waals surface area contributed by atoms with E-state index in [9.17, 15) is 15.2 Å². The molecule has 0 aliphatic carbocycles. The van der Waals surface area contributed by atoms with Crippen molar-refractivity contribution in [2.75, 3.05) is 19.6 Å². The van der Waals surface area contributed by atoms with Gasteiger partial charge in [0.25, 0.3) is 5.69 Å². The number of nitrogens with one attached hydrogen (secondary N) is 1. The Labute approximate surface area is 132 Å². The number of hydrogen-bond acceptors (Lipinski definition) is 7. The van der Waals surface area contributed by atoms with E-state index in [4.69, 9.17) is 9.47 Å². The number of phenols is 1. The van der Waals surface area contributed by atoms with Gasteiger partial charge in [0.2, 0.25) is 5.75 Å². The highest BCUT2D eigenvalue weighted by molar-refractivity contribution is 5.83. The fourth-order valence-electron chi connectivity index (χ4n) is 1.86. The minimum Gasteiger partial charge on any atom is -0.502 e. The molecule has 8 heteroatoms. The van der Waals surface area contributed by atoms with Crippen molar-refractivity contribution in [1.29, 1.82) is 0 Å². The lowest BCUT2D eigenvalue weighted by atomic mass is 10.2. The maximum atomic E-state index is 10.7. The maximum absolute atomic E-state index is 10.7. The average molecular weight is 317 g/mol. The van der Waals surface area contributed by atoms with Crippen molar-refractivity contribution < 1.29 is 19.5 Å². The number of hydrogen-bond donors (Lipinski definition) is 2. The van der Waals surface area contributed by atoms with Gasteiger partial charge < -0.3 is 14.6 Å². The first kappa shape index (κ1) is 16.1. The van der Waals surface area contributed by atoms with Crippen LogP contribution in [-0.2, 0) is 0 Å². The number of benzene rings is 2. The average Bonchev–Trinajstić information content (AvgIpc) is 2.56. The molecule has 0 aliphatic rings. The lowest BCUT2D eigenvalue weighted by Crippen LogP contribution is -1.95. The molecule has 0 saturated carbocycles. The van der Waals surface area contributed by atoms with Gasteiger partial charge in [0.05, 0.1) is 31.0 Å². The van der Waals surface area contributed by atoms with E-state index in [2.05, 4.69) is 10.5 Å². The van der Waals surface area contributed by atoms with Gasteiger partial charge in [0.15, 0.2) is 11.5 Å². The number of phenolic OH excluding ortho intramolecular Hbond substituents is 1. The van der Waals surface area contributed by atoms with E-state index in [0.717, 1.165) is 0 Å². The molecule has 0 atom stereocenters. The molecule has 2 aromatic rings. The summed E-state index contributed by atoms with van der Waals surface area (Å²) in [4.78, 5) is 10.2. The van der Waals surface area contributed by atoms with Crippen molar-refractivity contribution in [3.8, 4) is 17.2 Å². The van der Waals surface area contributed by atoms with E-state index in [1.807, 2.05) is 0 Å². The number of nitro benzene ring substituents is 1. The van der Waals surface area contributed by atoms with Gasteiger partial charge in [-0.05, 0) is 18.2 Å². The topological polar surface area (TPSA) is 106 Å². The van der Waals surface area contributed by atoms with E-state index in [1.165, 1.54) is 32.6 Å². The summed E-state index contributed by atoms with van der Waals surface area (Å²) in [6.07, 6.45) is 1.48. The Balaban J connectivity index is 2.17. The molecule has 0 bridgehead atoms. The molecule has 0 fully saturated rings. The fraction of sp³-hybridized carbons (Fsp3) is 0.133. The second-order valence-corrected chi connectivity index (χ2v) is 4.45. The molecule has 0 unspecified atom stereocenters. The molecule has 8 nitrogen and oxygen atoms in total. The number of hydrazone groups is 1. The third kappa shape index (κ3) is 3.88. The smallest absolute Gasteiger partial charge is 0.271 e. The number of anilines is 1. The van der Waals surface area contributed by atoms with Crippen molar-refractivity contribution in [1.82, 2.24) is 0 Å². The summed E-state index contributed by atoms with van der Waals surface area (Å²) in [5, 5.41) is 24.5. The highest BCUT2D eigenvalue weighted by Crippen LogP contribution is 2.36. The van der Waals surface area contributed by atoms with Crippen molar-refractivity contribution in [3.63, 3.8) is 0 Å². The van der Waals surface area contributed by atoms with Crippen LogP contribution < -0.4 is 14.9 Å². The van der Waals surface area contributed by atoms with Crippen LogP contribution in [0.2, 0.25) is 0 Å². The summed E-state index contributed by atoms with van der Waals surface area (Å²) in [5.41, 5.74) is 3.77. The van der Waals surface area contributed by atoms with Gasteiger partial charge in [0.1, 0.15) is 0 Å². The third-order valence-electron chi connectivity index (χ3n) is 2.97. The van der Waals surface area contributed by atoms with Crippen LogP contribution in [0.15, 0.2) is 41.5 Å². The summed E-state index contributed by atoms with van der Waals surface area (Å²) in [6, 6.07) is 9.14. The summed E-state index contributed by atoms with van der Waals surface area (Å²) in [5.74, 6) is 0.404. The second-order valence-electron chi connectivity index (χ2n) is 4.45. The molecule has 0 saturated heterocycles. The molecule has 2 N–H and O–H groups in total. The first-order chi connectivity index (χ1) is 11.0. The van der Waals surface area contributed by atoms with Gasteiger partial charge in [-0.1, -0.05) is 6.07 Å². The molecule has 23 heavy (non-hydrogen) atoms. The Morgan fingerprint density at radius 3 is 2.43 bits per heavy atom. The van der Waals surface area contributed by atoms with Crippen LogP contribution in [0.5, 0.6) is 17.2 Å². The van der Waals surface area contributed by atoms with E-state index in [1.54, 1.807) is 24.3 Å². The van der Waals surface area contributed by atoms with E-state index in [0.29, 0.717) is 11.3 Å². The number of rotatable bonds is 6. The predicted molar refractivity (Wildman–Crippen MR) is 85.5 cm³/mol. The molecular formula is C15H15N3O5. The number of nitrogens with zero attached hydrogens (tertiary/aromatic N) is 2. The highest BCUT2D eigenvalue weighted by atomic mass is 16.6. The van der Waals surface area contributed by atoms with Crippen LogP contribution in [-0.4, -0.2) is 30.5 Å². The number of aromatic hydroxyl groups is 1. The van der Waals surface area contributed by atoms with Gasteiger partial charge in [-0.2, -0.15) is 5.10 Å². The number of nitro groups is 1. The zero-order valence-electron chi connectivity index (χ0n) is 12.5. The van der Waals surface area contributed by atoms with E-state index in [-0.39, 0.29) is 22.9 Å². The third-order valence-corrected chi connectivity index (χ3v) is 2.97. The molecule has 120 valence electrons. The number of methoxy groups -OCH3 is 2. The van der Waals surface area contributed by atoms with Gasteiger partial charge in [-0.25, -0.2) is 0 Å². The Morgan fingerprint density at radius 2 is 1.87 bits per heavy atom. The minimum absolute atomic E-state index is 0.0295. The Bertz CT molecular complexity index is 721. The molecule has 2 aromatic carbocycles. The predicted octanol–water partition coefficient (Wildman–Crippen LogP) is 2.76. The summed E-state index contributed by atoms with van der Waals surface area (Å²) >= 11 is 0. The lowest BCUT2D eigenvalue weighted by molar-refractivity contribution is -0.384. The van der Waals surface area contributed by atoms with Crippen LogP contribution >= 0.6 is 0 Å². The van der Waals surface area contributed by atoms with Crippen LogP contribution in [0.1, 0.15) is 5.56 Å². The summed E-state index contributed by atoms with van der Waals surface area (Å²) in [7, 11) is 2.85. The monoisotopic (exact) mass is 317 g/mol. The minimum atomic E-state index is -0.482. The van der Waals surface area contributed by atoms with Crippen LogP contribution in [0, 0.1) is 10.1 Å². The van der Waals surface area contributed by atoms with Crippen molar-refractivity contribution in [3.05, 3.63) is 52.1 Å². The van der Waals surface area contributed by atoms with Crippen LogP contribution in [0.3, 0.4) is 0 Å². The molecule has 0 aliphatic heterocycles. The maximum Gasteiger partial charge on any atom is 0.271 e. The van der Waals surface area contributed by atoms with Gasteiger partial charge in [0, 0.05) is 17.7 Å². The molecule has 0 amide bonds. The quantitative estimate of drug-likeness (QED) is 0.482. The van der Waals surface area contributed by atoms with Crippen LogP contribution in [0.25, 0.3) is 0 Å². The molecular weight excluding hydrogens is 302 g/mol. The molecule has 2 rings (SSSR count). The Morgan fingerprint density at radius 1 is 1.22 bits per heavy atom. The second kappa shape index (κ2) is 7.12. The SMILES string of the molecule is COc1cc(C=NNc2cccc([N+](=O)[O-])c2)cc(OC)c1O. The van der Waals surface area contributed by atoms with Crippen molar-refractivity contribution >= 4 is 17.6 Å². The van der Waals surface area contributed by atoms with Crippen molar-refractivity contribution in [2.24, 2.45) is 5.10 Å². The van der Waals surface area contributed by atoms with Crippen molar-refractivity contribution in [2.45, 2.75) is 0 Å². The van der Waals surface area contributed by atoms with Gasteiger partial charge >= 0.3 is 0 Å². The Hall–Kier alpha value is -3.29. The number of ether oxygens (including phenoxy) is 2. The zero-order valence-corrected chi connectivity index (χ0v) is 12.5. The highest BCUT2D eigenvalue weighted by Gasteiger charge is 2.10. The normalized spacial score (nSPS) is 10.5. The molecule has 0 heterocycles. The van der Waals surface area contributed by atoms with E-state index < -0.39 is 4.92 Å². The largest absolute Gasteiger partial charge is 0.502 e. The van der Waals surface area contributed by atoms with Gasteiger partial charge in [-0.15, -0.1) is 0 Å². The summed E-state index contributed by atoms with van der Waals surface area (Å²) in [6.45, 7) is 0.